The molecule has 3 N–H and O–H groups in total. The van der Waals surface area contributed by atoms with Crippen molar-refractivity contribution in [2.75, 3.05) is 12.4 Å². The molecule has 1 spiro atoms. The number of phenols is 1. The highest BCUT2D eigenvalue weighted by Gasteiger charge is 2.53. The molecule has 1 aromatic carbocycles. The fourth-order valence-corrected chi connectivity index (χ4v) is 4.31. The smallest absolute Gasteiger partial charge is 0.154 e. The fourth-order valence-electron chi connectivity index (χ4n) is 4.31. The molecule has 5 rings (SSSR count). The van der Waals surface area contributed by atoms with Gasteiger partial charge in [0.15, 0.2) is 5.82 Å². The molecule has 1 aromatic heterocycles. The van der Waals surface area contributed by atoms with Crippen LogP contribution in [0.5, 0.6) is 5.75 Å². The van der Waals surface area contributed by atoms with Gasteiger partial charge in [-0.05, 0) is 50.3 Å². The lowest BCUT2D eigenvalue weighted by molar-refractivity contribution is 0.0446. The topological polar surface area (TPSA) is 87.5 Å². The van der Waals surface area contributed by atoms with Crippen molar-refractivity contribution >= 4 is 5.82 Å². The van der Waals surface area contributed by atoms with E-state index in [9.17, 15) is 9.50 Å². The number of hydrogen-bond acceptors (Lipinski definition) is 6. The van der Waals surface area contributed by atoms with Crippen LogP contribution in [0.15, 0.2) is 12.1 Å². The third kappa shape index (κ3) is 3.81. The molecule has 0 atom stereocenters. The number of fused-ring (bicyclic) bond motifs is 2. The molecule has 1 aliphatic heterocycles. The molecule has 2 heterocycles. The van der Waals surface area contributed by atoms with Crippen molar-refractivity contribution in [2.24, 2.45) is 0 Å². The van der Waals surface area contributed by atoms with Gasteiger partial charge in [-0.15, -0.1) is 10.2 Å². The van der Waals surface area contributed by atoms with E-state index in [1.54, 1.807) is 14.0 Å². The minimum atomic E-state index is -0.497. The summed E-state index contributed by atoms with van der Waals surface area (Å²) < 4.78 is 20.3. The van der Waals surface area contributed by atoms with Crippen LogP contribution in [0.3, 0.4) is 0 Å². The molecule has 3 aliphatic rings. The Labute approximate surface area is 170 Å². The summed E-state index contributed by atoms with van der Waals surface area (Å²) in [5, 5.41) is 30.4. The molecule has 0 bridgehead atoms. The maximum atomic E-state index is 14.4. The van der Waals surface area contributed by atoms with Crippen molar-refractivity contribution in [3.8, 4) is 17.0 Å². The van der Waals surface area contributed by atoms with Crippen LogP contribution in [0.4, 0.5) is 10.2 Å². The Morgan fingerprint density at radius 1 is 1.17 bits per heavy atom. The SMILES string of the molecule is CNc1nnc(-c2c(O)cc(C)cc2F)c2c1C1(CC1)OC2.OC1CCCCC1. The van der Waals surface area contributed by atoms with Gasteiger partial charge in [-0.3, -0.25) is 0 Å². The number of hydrogen-bond donors (Lipinski definition) is 3. The van der Waals surface area contributed by atoms with Gasteiger partial charge in [0.1, 0.15) is 17.3 Å². The number of rotatable bonds is 2. The standard InChI is InChI=1S/C16H16FN3O2.C6H12O/c1-8-5-10(17)12(11(21)6-8)14-9-7-22-16(3-4-16)13(9)15(18-2)20-19-14;7-6-4-2-1-3-5-6/h5-6,21H,3-4,7H2,1-2H3,(H,18,20);6-7H,1-5H2. The molecule has 2 saturated carbocycles. The van der Waals surface area contributed by atoms with Crippen molar-refractivity contribution in [2.45, 2.75) is 70.2 Å². The van der Waals surface area contributed by atoms with Gasteiger partial charge in [0, 0.05) is 18.2 Å². The average Bonchev–Trinajstić information content (AvgIpc) is 3.37. The summed E-state index contributed by atoms with van der Waals surface area (Å²) in [7, 11) is 1.78. The Bertz CT molecular complexity index is 885. The van der Waals surface area contributed by atoms with Crippen molar-refractivity contribution < 1.29 is 19.3 Å². The van der Waals surface area contributed by atoms with Crippen LogP contribution in [0.2, 0.25) is 0 Å². The van der Waals surface area contributed by atoms with Crippen LogP contribution in [0.1, 0.15) is 61.6 Å². The van der Waals surface area contributed by atoms with Crippen molar-refractivity contribution in [3.05, 3.63) is 34.6 Å². The number of aromatic nitrogens is 2. The second-order valence-corrected chi connectivity index (χ2v) is 8.22. The van der Waals surface area contributed by atoms with Gasteiger partial charge in [-0.2, -0.15) is 0 Å². The summed E-state index contributed by atoms with van der Waals surface area (Å²) in [4.78, 5) is 0. The monoisotopic (exact) mass is 401 g/mol. The minimum absolute atomic E-state index is 0.0359. The Hall–Kier alpha value is -2.25. The number of aliphatic hydroxyl groups excluding tert-OH is 1. The number of anilines is 1. The Balaban J connectivity index is 0.000000249. The second kappa shape index (κ2) is 7.88. The lowest BCUT2D eigenvalue weighted by Gasteiger charge is -2.14. The molecule has 0 unspecified atom stereocenters. The summed E-state index contributed by atoms with van der Waals surface area (Å²) in [6.45, 7) is 2.09. The average molecular weight is 401 g/mol. The summed E-state index contributed by atoms with van der Waals surface area (Å²) in [5.41, 5.74) is 2.60. The van der Waals surface area contributed by atoms with E-state index in [-0.39, 0.29) is 23.0 Å². The van der Waals surface area contributed by atoms with Crippen LogP contribution in [-0.2, 0) is 16.9 Å². The van der Waals surface area contributed by atoms with E-state index in [0.29, 0.717) is 23.7 Å². The first-order chi connectivity index (χ1) is 13.9. The molecule has 2 aliphatic carbocycles. The molecule has 7 heteroatoms. The van der Waals surface area contributed by atoms with Crippen LogP contribution in [0, 0.1) is 12.7 Å². The predicted octanol–water partition coefficient (Wildman–Crippen LogP) is 4.17. The number of ether oxygens (including phenoxy) is 1. The Morgan fingerprint density at radius 2 is 1.90 bits per heavy atom. The number of phenolic OH excluding ortho intramolecular Hbond substituents is 1. The predicted molar refractivity (Wildman–Crippen MR) is 108 cm³/mol. The number of aromatic hydroxyl groups is 1. The number of nitrogens with one attached hydrogen (secondary N) is 1. The molecule has 0 amide bonds. The number of aryl methyl sites for hydroxylation is 1. The molecule has 29 heavy (non-hydrogen) atoms. The highest BCUT2D eigenvalue weighted by molar-refractivity contribution is 5.74. The van der Waals surface area contributed by atoms with E-state index >= 15 is 0 Å². The molecular formula is C22H28FN3O3. The lowest BCUT2D eigenvalue weighted by atomic mass is 9.98. The number of benzene rings is 1. The van der Waals surface area contributed by atoms with Gasteiger partial charge in [-0.1, -0.05) is 19.3 Å². The van der Waals surface area contributed by atoms with Gasteiger partial charge in [0.25, 0.3) is 0 Å². The van der Waals surface area contributed by atoms with Gasteiger partial charge in [-0.25, -0.2) is 4.39 Å². The third-order valence-corrected chi connectivity index (χ3v) is 5.99. The maximum Gasteiger partial charge on any atom is 0.154 e. The zero-order valence-electron chi connectivity index (χ0n) is 17.0. The molecular weight excluding hydrogens is 373 g/mol. The zero-order valence-corrected chi connectivity index (χ0v) is 17.0. The maximum absolute atomic E-state index is 14.4. The Morgan fingerprint density at radius 3 is 2.45 bits per heavy atom. The van der Waals surface area contributed by atoms with E-state index in [0.717, 1.165) is 36.8 Å². The van der Waals surface area contributed by atoms with E-state index < -0.39 is 5.82 Å². The van der Waals surface area contributed by atoms with Gasteiger partial charge in [0.05, 0.1) is 23.9 Å². The third-order valence-electron chi connectivity index (χ3n) is 5.99. The quantitative estimate of drug-likeness (QED) is 0.700. The lowest BCUT2D eigenvalue weighted by Crippen LogP contribution is -2.10. The molecule has 0 radical (unpaired) electrons. The highest BCUT2D eigenvalue weighted by Crippen LogP contribution is 2.58. The number of aliphatic hydroxyl groups is 1. The van der Waals surface area contributed by atoms with Gasteiger partial charge in [0.2, 0.25) is 0 Å². The van der Waals surface area contributed by atoms with Crippen LogP contribution < -0.4 is 5.32 Å². The first-order valence-corrected chi connectivity index (χ1v) is 10.3. The van der Waals surface area contributed by atoms with Gasteiger partial charge >= 0.3 is 0 Å². The Kier molecular flexibility index (Phi) is 5.44. The van der Waals surface area contributed by atoms with Crippen molar-refractivity contribution in [1.82, 2.24) is 10.2 Å². The first-order valence-electron chi connectivity index (χ1n) is 10.3. The zero-order chi connectivity index (χ0) is 20.6. The van der Waals surface area contributed by atoms with Gasteiger partial charge < -0.3 is 20.3 Å². The van der Waals surface area contributed by atoms with Crippen molar-refractivity contribution in [3.63, 3.8) is 0 Å². The highest BCUT2D eigenvalue weighted by atomic mass is 19.1. The van der Waals surface area contributed by atoms with E-state index in [1.165, 1.54) is 31.4 Å². The summed E-state index contributed by atoms with van der Waals surface area (Å²) >= 11 is 0. The fraction of sp³-hybridized carbons (Fsp3) is 0.545. The number of halogens is 1. The van der Waals surface area contributed by atoms with E-state index in [4.69, 9.17) is 9.84 Å². The number of nitrogens with zero attached hydrogens (tertiary/aromatic N) is 2. The van der Waals surface area contributed by atoms with Crippen LogP contribution in [-0.4, -0.2) is 33.6 Å². The normalized spacial score (nSPS) is 19.4. The summed E-state index contributed by atoms with van der Waals surface area (Å²) in [6, 6.07) is 2.92. The van der Waals surface area contributed by atoms with E-state index in [1.807, 2.05) is 0 Å². The summed E-state index contributed by atoms with van der Waals surface area (Å²) in [6.07, 6.45) is 7.79. The van der Waals surface area contributed by atoms with Crippen LogP contribution in [0.25, 0.3) is 11.3 Å². The molecule has 2 fully saturated rings. The largest absolute Gasteiger partial charge is 0.507 e. The molecule has 0 saturated heterocycles. The van der Waals surface area contributed by atoms with Crippen LogP contribution >= 0.6 is 0 Å². The minimum Gasteiger partial charge on any atom is -0.507 e. The first kappa shape index (κ1) is 20.0. The second-order valence-electron chi connectivity index (χ2n) is 8.22. The van der Waals surface area contributed by atoms with Crippen molar-refractivity contribution in [1.29, 1.82) is 0 Å². The molecule has 156 valence electrons. The van der Waals surface area contributed by atoms with E-state index in [2.05, 4.69) is 15.5 Å². The molecule has 2 aromatic rings. The molecule has 6 nitrogen and oxygen atoms in total. The summed E-state index contributed by atoms with van der Waals surface area (Å²) in [5.74, 6) is 0.0478.